The summed E-state index contributed by atoms with van der Waals surface area (Å²) in [4.78, 5) is 44.4. The summed E-state index contributed by atoms with van der Waals surface area (Å²) >= 11 is 0. The zero-order valence-corrected chi connectivity index (χ0v) is 13.5. The molecular formula is C10H21O10PPd. The van der Waals surface area contributed by atoms with Crippen LogP contribution in [0.4, 0.5) is 0 Å². The van der Waals surface area contributed by atoms with Gasteiger partial charge in [-0.2, -0.15) is 0 Å². The molecule has 0 aromatic heterocycles. The molecule has 0 rings (SSSR count). The molecule has 0 N–H and O–H groups in total. The van der Waals surface area contributed by atoms with Crippen LogP contribution in [0.5, 0.6) is 0 Å². The predicted octanol–water partition coefficient (Wildman–Crippen LogP) is -6.97. The molecule has 10 nitrogen and oxygen atoms in total. The molecule has 0 aliphatic heterocycles. The Morgan fingerprint density at radius 3 is 0.455 bits per heavy atom. The van der Waals surface area contributed by atoms with Gasteiger partial charge in [0.25, 0.3) is 0 Å². The third kappa shape index (κ3) is 2310. The minimum absolute atomic E-state index is 0. The molecule has 0 amide bonds. The van der Waals surface area contributed by atoms with Gasteiger partial charge in [-0.15, -0.1) is 0 Å². The van der Waals surface area contributed by atoms with Gasteiger partial charge >= 0.3 is 20.4 Å². The van der Waals surface area contributed by atoms with Gasteiger partial charge in [0, 0.05) is 29.8 Å². The summed E-state index contributed by atoms with van der Waals surface area (Å²) in [6, 6.07) is 0. The summed E-state index contributed by atoms with van der Waals surface area (Å²) in [5.74, 6) is -5.42. The van der Waals surface area contributed by atoms with Gasteiger partial charge in [-0.25, -0.2) is 0 Å². The fraction of sp³-hybridized carbons (Fsp3) is 0.500. The Bertz CT molecular complexity index is 216. The topological polar surface area (TPSA) is 201 Å². The second-order valence-electron chi connectivity index (χ2n) is 2.46. The van der Waals surface area contributed by atoms with E-state index in [0.717, 1.165) is 34.6 Å². The Morgan fingerprint density at radius 2 is 0.455 bits per heavy atom. The molecule has 0 aromatic carbocycles. The van der Waals surface area contributed by atoms with E-state index in [9.17, 15) is 0 Å². The minimum Gasteiger partial charge on any atom is -0.550 e. The van der Waals surface area contributed by atoms with Crippen LogP contribution in [0, 0.1) is 0 Å². The molecule has 136 valence electrons. The molecule has 12 heteroatoms. The Morgan fingerprint density at radius 1 is 0.455 bits per heavy atom. The van der Waals surface area contributed by atoms with E-state index < -0.39 is 29.8 Å². The zero-order valence-electron chi connectivity index (χ0n) is 11.9. The average Bonchev–Trinajstić information content (AvgIpc) is 1.94. The second-order valence-corrected chi connectivity index (χ2v) is 2.46. The van der Waals surface area contributed by atoms with Crippen molar-refractivity contribution in [3.8, 4) is 0 Å². The first-order valence-electron chi connectivity index (χ1n) is 4.54. The maximum Gasteiger partial charge on any atom is 2.00 e. The van der Waals surface area contributed by atoms with E-state index in [-0.39, 0.29) is 30.3 Å². The van der Waals surface area contributed by atoms with Gasteiger partial charge in [-0.3, -0.25) is 9.90 Å². The van der Waals surface area contributed by atoms with Crippen molar-refractivity contribution >= 4 is 39.7 Å². The van der Waals surface area contributed by atoms with Crippen LogP contribution in [0.2, 0.25) is 0 Å². The summed E-state index contributed by atoms with van der Waals surface area (Å²) in [5, 5.41) is 44.4. The predicted molar refractivity (Wildman–Crippen MR) is 68.7 cm³/mol. The standard InChI is InChI=1S/5C2H4O2.H6P.Pd/c5*1-2(3)4;;/h5*1H3,(H,3,4);1H6;/q;;;;;+3;+2/p-5. The summed E-state index contributed by atoms with van der Waals surface area (Å²) in [6.07, 6.45) is 0. The van der Waals surface area contributed by atoms with Crippen molar-refractivity contribution in [2.24, 2.45) is 0 Å². The van der Waals surface area contributed by atoms with E-state index >= 15 is 0 Å². The van der Waals surface area contributed by atoms with Crippen molar-refractivity contribution < 1.29 is 69.9 Å². The molecule has 0 spiro atoms. The molecule has 0 fully saturated rings. The number of carbonyl (C=O) groups is 5. The van der Waals surface area contributed by atoms with E-state index in [4.69, 9.17) is 49.5 Å². The third-order valence-corrected chi connectivity index (χ3v) is 0. The summed E-state index contributed by atoms with van der Waals surface area (Å²) in [5.41, 5.74) is 0. The van der Waals surface area contributed by atoms with Crippen LogP contribution in [-0.4, -0.2) is 29.8 Å². The van der Waals surface area contributed by atoms with E-state index in [0.29, 0.717) is 0 Å². The molecule has 0 radical (unpaired) electrons. The maximum atomic E-state index is 8.89. The van der Waals surface area contributed by atoms with Crippen LogP contribution in [-0.2, 0) is 44.4 Å². The van der Waals surface area contributed by atoms with Gasteiger partial charge in [-0.1, -0.05) is 0 Å². The monoisotopic (exact) mass is 438 g/mol. The van der Waals surface area contributed by atoms with Crippen LogP contribution < -0.4 is 25.5 Å². The molecule has 0 saturated carbocycles. The van der Waals surface area contributed by atoms with E-state index in [2.05, 4.69) is 0 Å². The molecule has 0 bridgehead atoms. The largest absolute Gasteiger partial charge is 2.00 e. The van der Waals surface area contributed by atoms with Crippen LogP contribution in [0.25, 0.3) is 0 Å². The van der Waals surface area contributed by atoms with Gasteiger partial charge in [0.2, 0.25) is 0 Å². The first kappa shape index (κ1) is 42.8. The number of hydrogen-bond donors (Lipinski definition) is 0. The SMILES string of the molecule is CC(=O)[O-].CC(=O)[O-].CC(=O)[O-].CC(=O)[O-].CC(=O)[O-].[PH6+3].[Pd+2]. The number of hydrogen-bond acceptors (Lipinski definition) is 10. The molecule has 0 aliphatic carbocycles. The number of carbonyl (C=O) groups excluding carboxylic acids is 5. The van der Waals surface area contributed by atoms with Crippen molar-refractivity contribution in [3.63, 3.8) is 0 Å². The number of carboxylic acid groups (broad SMARTS) is 5. The van der Waals surface area contributed by atoms with E-state index in [1.165, 1.54) is 0 Å². The van der Waals surface area contributed by atoms with Gasteiger partial charge in [0.1, 0.15) is 0 Å². The smallest absolute Gasteiger partial charge is 0.550 e. The van der Waals surface area contributed by atoms with Gasteiger partial charge in [0.05, 0.1) is 0 Å². The molecule has 0 saturated heterocycles. The molecule has 0 aliphatic rings. The number of rotatable bonds is 0. The van der Waals surface area contributed by atoms with Crippen molar-refractivity contribution in [2.75, 3.05) is 0 Å². The van der Waals surface area contributed by atoms with E-state index in [1.54, 1.807) is 0 Å². The first-order valence-corrected chi connectivity index (χ1v) is 4.54. The van der Waals surface area contributed by atoms with Crippen LogP contribution in [0.1, 0.15) is 34.6 Å². The normalized spacial score (nSPS) is 5.68. The molecule has 0 atom stereocenters. The zero-order chi connectivity index (χ0) is 17.9. The van der Waals surface area contributed by atoms with Crippen molar-refractivity contribution in [3.05, 3.63) is 0 Å². The molecule has 0 heterocycles. The minimum atomic E-state index is -1.08. The van der Waals surface area contributed by atoms with Gasteiger partial charge in [0.15, 0.2) is 0 Å². The molecule has 0 unspecified atom stereocenters. The Kier molecular flexibility index (Phi) is 71.1. The quantitative estimate of drug-likeness (QED) is 0.258. The van der Waals surface area contributed by atoms with Gasteiger partial charge in [-0.05, 0) is 34.6 Å². The molecular weight excluding hydrogens is 417 g/mol. The van der Waals surface area contributed by atoms with Gasteiger partial charge < -0.3 is 49.5 Å². The number of aliphatic carboxylic acids is 5. The summed E-state index contributed by atoms with van der Waals surface area (Å²) in [7, 11) is 0. The first-order chi connectivity index (χ1) is 8.66. The van der Waals surface area contributed by atoms with Crippen LogP contribution in [0.15, 0.2) is 0 Å². The Hall–Kier alpha value is -1.56. The third-order valence-electron chi connectivity index (χ3n) is 0. The molecule has 22 heavy (non-hydrogen) atoms. The number of carboxylic acids is 5. The summed E-state index contributed by atoms with van der Waals surface area (Å²) < 4.78 is 0. The van der Waals surface area contributed by atoms with Crippen molar-refractivity contribution in [2.45, 2.75) is 34.6 Å². The fourth-order valence-electron chi connectivity index (χ4n) is 0. The fourth-order valence-corrected chi connectivity index (χ4v) is 0. The second kappa shape index (κ2) is 36.6. The van der Waals surface area contributed by atoms with Crippen LogP contribution in [0.3, 0.4) is 0 Å². The summed E-state index contributed by atoms with van der Waals surface area (Å²) in [6.45, 7) is 4.86. The van der Waals surface area contributed by atoms with Crippen LogP contribution >= 0.6 is 9.90 Å². The average molecular weight is 439 g/mol. The Balaban J connectivity index is -0.0000000250. The van der Waals surface area contributed by atoms with Crippen molar-refractivity contribution in [1.29, 1.82) is 0 Å². The van der Waals surface area contributed by atoms with Crippen molar-refractivity contribution in [1.82, 2.24) is 0 Å². The molecule has 0 aromatic rings. The van der Waals surface area contributed by atoms with E-state index in [1.807, 2.05) is 0 Å². The maximum absolute atomic E-state index is 8.89. The Labute approximate surface area is 144 Å².